The first-order valence-corrected chi connectivity index (χ1v) is 7.88. The third-order valence-electron chi connectivity index (χ3n) is 3.71. The van der Waals surface area contributed by atoms with Crippen LogP contribution in [0.3, 0.4) is 0 Å². The summed E-state index contributed by atoms with van der Waals surface area (Å²) in [6, 6.07) is 8.57. The van der Waals surface area contributed by atoms with Gasteiger partial charge in [0.25, 0.3) is 0 Å². The van der Waals surface area contributed by atoms with Gasteiger partial charge in [-0.15, -0.1) is 11.3 Å². The van der Waals surface area contributed by atoms with Crippen LogP contribution in [0.2, 0.25) is 0 Å². The first kappa shape index (κ1) is 13.3. The summed E-state index contributed by atoms with van der Waals surface area (Å²) in [6.07, 6.45) is 3.66. The number of amides is 1. The maximum Gasteiger partial charge on any atom is 0.226 e. The molecule has 1 atom stereocenters. The van der Waals surface area contributed by atoms with E-state index < -0.39 is 0 Å². The van der Waals surface area contributed by atoms with E-state index in [4.69, 9.17) is 0 Å². The van der Waals surface area contributed by atoms with Crippen molar-refractivity contribution in [1.29, 1.82) is 0 Å². The molecule has 0 fully saturated rings. The van der Waals surface area contributed by atoms with Crippen LogP contribution >= 0.6 is 11.3 Å². The number of carbonyl (C=O) groups excluding carboxylic acids is 1. The molecule has 1 N–H and O–H groups in total. The van der Waals surface area contributed by atoms with E-state index in [-0.39, 0.29) is 11.9 Å². The average Bonchev–Trinajstić information content (AvgIpc) is 2.84. The zero-order valence-corrected chi connectivity index (χ0v) is 12.4. The van der Waals surface area contributed by atoms with Crippen LogP contribution in [-0.2, 0) is 17.6 Å². The Morgan fingerprint density at radius 2 is 2.30 bits per heavy atom. The molecule has 1 heterocycles. The van der Waals surface area contributed by atoms with E-state index in [0.29, 0.717) is 6.42 Å². The highest BCUT2D eigenvalue weighted by molar-refractivity contribution is 7.09. The highest BCUT2D eigenvalue weighted by Crippen LogP contribution is 2.29. The molecule has 104 valence electrons. The predicted octanol–water partition coefficient (Wildman–Crippen LogP) is 3.19. The van der Waals surface area contributed by atoms with Gasteiger partial charge in [-0.1, -0.05) is 24.3 Å². The second-order valence-electron chi connectivity index (χ2n) is 5.25. The SMILES string of the molecule is Cc1nc(CC(=O)N[C@H]2CCCc3ccccc32)cs1. The summed E-state index contributed by atoms with van der Waals surface area (Å²) < 4.78 is 0. The van der Waals surface area contributed by atoms with Gasteiger partial charge in [0, 0.05) is 5.38 Å². The number of aryl methyl sites for hydroxylation is 2. The molecule has 4 heteroatoms. The number of hydrogen-bond donors (Lipinski definition) is 1. The van der Waals surface area contributed by atoms with Crippen LogP contribution in [0.1, 0.15) is 40.7 Å². The van der Waals surface area contributed by atoms with Crippen molar-refractivity contribution in [3.05, 3.63) is 51.5 Å². The van der Waals surface area contributed by atoms with Crippen LogP contribution in [-0.4, -0.2) is 10.9 Å². The monoisotopic (exact) mass is 286 g/mol. The van der Waals surface area contributed by atoms with Crippen LogP contribution in [0, 0.1) is 6.92 Å². The number of thiazole rings is 1. The largest absolute Gasteiger partial charge is 0.349 e. The summed E-state index contributed by atoms with van der Waals surface area (Å²) in [5.41, 5.74) is 3.52. The zero-order valence-electron chi connectivity index (χ0n) is 11.6. The van der Waals surface area contributed by atoms with E-state index in [1.54, 1.807) is 11.3 Å². The predicted molar refractivity (Wildman–Crippen MR) is 80.8 cm³/mol. The number of nitrogens with zero attached hydrogens (tertiary/aromatic N) is 1. The van der Waals surface area contributed by atoms with Crippen LogP contribution in [0.5, 0.6) is 0 Å². The summed E-state index contributed by atoms with van der Waals surface area (Å²) in [7, 11) is 0. The Hall–Kier alpha value is -1.68. The van der Waals surface area contributed by atoms with E-state index in [9.17, 15) is 4.79 Å². The van der Waals surface area contributed by atoms with E-state index >= 15 is 0 Å². The minimum atomic E-state index is 0.0667. The van der Waals surface area contributed by atoms with Gasteiger partial charge in [0.15, 0.2) is 0 Å². The first-order valence-electron chi connectivity index (χ1n) is 7.00. The Bertz CT molecular complexity index is 620. The molecule has 1 amide bonds. The molecular weight excluding hydrogens is 268 g/mol. The third kappa shape index (κ3) is 2.90. The number of fused-ring (bicyclic) bond motifs is 1. The Labute approximate surface area is 123 Å². The maximum absolute atomic E-state index is 12.2. The van der Waals surface area contributed by atoms with Crippen molar-refractivity contribution in [2.75, 3.05) is 0 Å². The number of hydrogen-bond acceptors (Lipinski definition) is 3. The minimum Gasteiger partial charge on any atom is -0.349 e. The normalized spacial score (nSPS) is 17.6. The fourth-order valence-corrected chi connectivity index (χ4v) is 3.42. The molecule has 1 aliphatic rings. The van der Waals surface area contributed by atoms with Crippen molar-refractivity contribution in [3.8, 4) is 0 Å². The lowest BCUT2D eigenvalue weighted by molar-refractivity contribution is -0.121. The Kier molecular flexibility index (Phi) is 3.83. The minimum absolute atomic E-state index is 0.0667. The highest BCUT2D eigenvalue weighted by Gasteiger charge is 2.21. The molecule has 2 aromatic rings. The van der Waals surface area contributed by atoms with Crippen LogP contribution < -0.4 is 5.32 Å². The molecule has 1 aromatic carbocycles. The maximum atomic E-state index is 12.2. The first-order chi connectivity index (χ1) is 9.72. The van der Waals surface area contributed by atoms with Crippen molar-refractivity contribution in [1.82, 2.24) is 10.3 Å². The van der Waals surface area contributed by atoms with Gasteiger partial charge in [-0.3, -0.25) is 4.79 Å². The molecule has 1 aliphatic carbocycles. The number of aromatic nitrogens is 1. The van der Waals surface area contributed by atoms with E-state index in [0.717, 1.165) is 30.0 Å². The summed E-state index contributed by atoms with van der Waals surface area (Å²) in [6.45, 7) is 1.96. The molecule has 0 saturated heterocycles. The van der Waals surface area contributed by atoms with Gasteiger partial charge in [-0.05, 0) is 37.3 Å². The van der Waals surface area contributed by atoms with Crippen LogP contribution in [0.4, 0.5) is 0 Å². The third-order valence-corrected chi connectivity index (χ3v) is 4.54. The van der Waals surface area contributed by atoms with Gasteiger partial charge in [0.2, 0.25) is 5.91 Å². The van der Waals surface area contributed by atoms with Crippen LogP contribution in [0.15, 0.2) is 29.6 Å². The van der Waals surface area contributed by atoms with Gasteiger partial charge < -0.3 is 5.32 Å². The summed E-state index contributed by atoms with van der Waals surface area (Å²) in [4.78, 5) is 16.5. The van der Waals surface area contributed by atoms with Gasteiger partial charge in [0.1, 0.15) is 0 Å². The number of benzene rings is 1. The van der Waals surface area contributed by atoms with E-state index in [2.05, 4.69) is 28.5 Å². The molecule has 3 nitrogen and oxygen atoms in total. The fourth-order valence-electron chi connectivity index (χ4n) is 2.80. The smallest absolute Gasteiger partial charge is 0.226 e. The molecule has 0 aliphatic heterocycles. The molecular formula is C16H18N2OS. The summed E-state index contributed by atoms with van der Waals surface area (Å²) in [5.74, 6) is 0.0667. The van der Waals surface area contributed by atoms with Crippen molar-refractivity contribution < 1.29 is 4.79 Å². The molecule has 0 bridgehead atoms. The molecule has 0 saturated carbocycles. The molecule has 0 radical (unpaired) electrons. The van der Waals surface area contributed by atoms with Gasteiger partial charge >= 0.3 is 0 Å². The van der Waals surface area contributed by atoms with Gasteiger partial charge in [-0.2, -0.15) is 0 Å². The van der Waals surface area contributed by atoms with Crippen molar-refractivity contribution in [3.63, 3.8) is 0 Å². The highest BCUT2D eigenvalue weighted by atomic mass is 32.1. The summed E-state index contributed by atoms with van der Waals surface area (Å²) in [5, 5.41) is 6.13. The molecule has 1 aromatic heterocycles. The van der Waals surface area contributed by atoms with Gasteiger partial charge in [-0.25, -0.2) is 4.98 Å². The quantitative estimate of drug-likeness (QED) is 0.941. The Morgan fingerprint density at radius 1 is 1.45 bits per heavy atom. The fraction of sp³-hybridized carbons (Fsp3) is 0.375. The van der Waals surface area contributed by atoms with E-state index in [1.165, 1.54) is 11.1 Å². The Balaban J connectivity index is 1.68. The number of rotatable bonds is 3. The zero-order chi connectivity index (χ0) is 13.9. The van der Waals surface area contributed by atoms with Gasteiger partial charge in [0.05, 0.1) is 23.2 Å². The van der Waals surface area contributed by atoms with Crippen LogP contribution in [0.25, 0.3) is 0 Å². The van der Waals surface area contributed by atoms with Crippen molar-refractivity contribution in [2.24, 2.45) is 0 Å². The second kappa shape index (κ2) is 5.75. The standard InChI is InChI=1S/C16H18N2OS/c1-11-17-13(10-20-11)9-16(19)18-15-8-4-6-12-5-2-3-7-14(12)15/h2-3,5,7,10,15H,4,6,8-9H2,1H3,(H,18,19)/t15-/m0/s1. The van der Waals surface area contributed by atoms with E-state index in [1.807, 2.05) is 18.4 Å². The molecule has 0 unspecified atom stereocenters. The Morgan fingerprint density at radius 3 is 3.10 bits per heavy atom. The summed E-state index contributed by atoms with van der Waals surface area (Å²) >= 11 is 1.59. The molecule has 3 rings (SSSR count). The topological polar surface area (TPSA) is 42.0 Å². The lowest BCUT2D eigenvalue weighted by Gasteiger charge is -2.26. The van der Waals surface area contributed by atoms with Crippen molar-refractivity contribution >= 4 is 17.2 Å². The van der Waals surface area contributed by atoms with Crippen molar-refractivity contribution in [2.45, 2.75) is 38.6 Å². The lowest BCUT2D eigenvalue weighted by Crippen LogP contribution is -2.32. The molecule has 0 spiro atoms. The molecule has 20 heavy (non-hydrogen) atoms. The second-order valence-corrected chi connectivity index (χ2v) is 6.31. The lowest BCUT2D eigenvalue weighted by atomic mass is 9.87. The number of nitrogens with one attached hydrogen (secondary N) is 1. The average molecular weight is 286 g/mol. The number of carbonyl (C=O) groups is 1.